The molecule has 3 heterocycles. The van der Waals surface area contributed by atoms with Gasteiger partial charge >= 0.3 is 0 Å². The number of aromatic nitrogens is 1. The van der Waals surface area contributed by atoms with E-state index < -0.39 is 5.41 Å². The fraction of sp³-hybridized carbons (Fsp3) is 0.632. The minimum Gasteiger partial charge on any atom is -0.381 e. The predicted octanol–water partition coefficient (Wildman–Crippen LogP) is 1.32. The largest absolute Gasteiger partial charge is 0.381 e. The molecule has 26 heavy (non-hydrogen) atoms. The molecule has 7 heteroatoms. The van der Waals surface area contributed by atoms with E-state index in [4.69, 9.17) is 10.5 Å². The first kappa shape index (κ1) is 18.8. The van der Waals surface area contributed by atoms with Crippen LogP contribution in [0.3, 0.4) is 0 Å². The Kier molecular flexibility index (Phi) is 5.88. The Morgan fingerprint density at radius 1 is 1.38 bits per heavy atom. The Morgan fingerprint density at radius 3 is 2.81 bits per heavy atom. The van der Waals surface area contributed by atoms with Crippen molar-refractivity contribution in [2.24, 2.45) is 17.1 Å². The number of carbonyl (C=O) groups is 2. The maximum absolute atomic E-state index is 13.1. The van der Waals surface area contributed by atoms with Gasteiger partial charge in [-0.3, -0.25) is 9.59 Å². The van der Waals surface area contributed by atoms with Crippen molar-refractivity contribution in [2.45, 2.75) is 32.6 Å². The molecule has 1 aromatic heterocycles. The minimum atomic E-state index is -0.533. The van der Waals surface area contributed by atoms with Crippen molar-refractivity contribution < 1.29 is 14.3 Å². The van der Waals surface area contributed by atoms with Gasteiger partial charge in [-0.1, -0.05) is 6.07 Å². The quantitative estimate of drug-likeness (QED) is 0.844. The molecule has 0 spiro atoms. The highest BCUT2D eigenvalue weighted by atomic mass is 16.5. The molecule has 2 amide bonds. The van der Waals surface area contributed by atoms with Crippen LogP contribution in [-0.2, 0) is 14.3 Å². The summed E-state index contributed by atoms with van der Waals surface area (Å²) in [4.78, 5) is 31.8. The van der Waals surface area contributed by atoms with E-state index in [-0.39, 0.29) is 17.7 Å². The lowest BCUT2D eigenvalue weighted by atomic mass is 9.78. The topological polar surface area (TPSA) is 97.6 Å². The first-order valence-corrected chi connectivity index (χ1v) is 9.35. The second-order valence-corrected chi connectivity index (χ2v) is 7.40. The fourth-order valence-corrected chi connectivity index (χ4v) is 3.75. The number of amides is 2. The number of carbonyl (C=O) groups excluding carboxylic acids is 2. The minimum absolute atomic E-state index is 0.0763. The van der Waals surface area contributed by atoms with Crippen LogP contribution in [0.4, 0.5) is 5.82 Å². The predicted molar refractivity (Wildman–Crippen MR) is 98.4 cm³/mol. The SMILES string of the molecule is Cc1ccc(NC(=O)C2CCCN(C(=O)C3(CN)CCOCC3)C2)nc1. The summed E-state index contributed by atoms with van der Waals surface area (Å²) in [5.41, 5.74) is 6.47. The molecule has 0 aliphatic carbocycles. The van der Waals surface area contributed by atoms with Gasteiger partial charge in [0.1, 0.15) is 5.82 Å². The standard InChI is InChI=1S/C19H28N4O3/c1-14-4-5-16(21-11-14)22-17(24)15-3-2-8-23(12-15)18(25)19(13-20)6-9-26-10-7-19/h4-5,11,15H,2-3,6-10,12-13,20H2,1H3,(H,21,22,24). The number of likely N-dealkylation sites (tertiary alicyclic amines) is 1. The molecule has 2 saturated heterocycles. The zero-order chi connectivity index (χ0) is 18.6. The molecule has 0 aromatic carbocycles. The summed E-state index contributed by atoms with van der Waals surface area (Å²) < 4.78 is 5.40. The zero-order valence-electron chi connectivity index (χ0n) is 15.4. The Bertz CT molecular complexity index is 641. The molecule has 1 atom stereocenters. The van der Waals surface area contributed by atoms with Crippen LogP contribution in [0.25, 0.3) is 0 Å². The molecule has 1 aromatic rings. The van der Waals surface area contributed by atoms with Crippen LogP contribution in [0.1, 0.15) is 31.2 Å². The lowest BCUT2D eigenvalue weighted by molar-refractivity contribution is -0.149. The molecule has 2 aliphatic rings. The Balaban J connectivity index is 1.63. The highest BCUT2D eigenvalue weighted by Crippen LogP contribution is 2.33. The number of pyridine rings is 1. The number of nitrogens with two attached hydrogens (primary N) is 1. The van der Waals surface area contributed by atoms with Crippen molar-refractivity contribution in [3.05, 3.63) is 23.9 Å². The van der Waals surface area contributed by atoms with Gasteiger partial charge < -0.3 is 20.7 Å². The third-order valence-electron chi connectivity index (χ3n) is 5.54. The van der Waals surface area contributed by atoms with Gasteiger partial charge in [0.2, 0.25) is 11.8 Å². The monoisotopic (exact) mass is 360 g/mol. The van der Waals surface area contributed by atoms with Crippen LogP contribution in [0.15, 0.2) is 18.3 Å². The third-order valence-corrected chi connectivity index (χ3v) is 5.54. The highest BCUT2D eigenvalue weighted by Gasteiger charge is 2.43. The molecule has 0 radical (unpaired) electrons. The van der Waals surface area contributed by atoms with Crippen molar-refractivity contribution in [1.82, 2.24) is 9.88 Å². The first-order valence-electron chi connectivity index (χ1n) is 9.35. The number of piperidine rings is 1. The number of nitrogens with zero attached hydrogens (tertiary/aromatic N) is 2. The average Bonchev–Trinajstić information content (AvgIpc) is 2.69. The van der Waals surface area contributed by atoms with Crippen LogP contribution in [0, 0.1) is 18.3 Å². The number of hydrogen-bond donors (Lipinski definition) is 2. The smallest absolute Gasteiger partial charge is 0.230 e. The molecular weight excluding hydrogens is 332 g/mol. The van der Waals surface area contributed by atoms with Crippen molar-refractivity contribution in [2.75, 3.05) is 38.2 Å². The second-order valence-electron chi connectivity index (χ2n) is 7.40. The summed E-state index contributed by atoms with van der Waals surface area (Å²) in [6.07, 6.45) is 4.64. The molecule has 7 nitrogen and oxygen atoms in total. The molecule has 3 N–H and O–H groups in total. The molecule has 0 saturated carbocycles. The van der Waals surface area contributed by atoms with E-state index in [1.165, 1.54) is 0 Å². The number of ether oxygens (including phenoxy) is 1. The molecular formula is C19H28N4O3. The zero-order valence-corrected chi connectivity index (χ0v) is 15.4. The van der Waals surface area contributed by atoms with E-state index >= 15 is 0 Å². The van der Waals surface area contributed by atoms with Gasteiger partial charge in [-0.25, -0.2) is 4.98 Å². The molecule has 3 rings (SSSR count). The van der Waals surface area contributed by atoms with Crippen molar-refractivity contribution in [3.63, 3.8) is 0 Å². The van der Waals surface area contributed by atoms with E-state index in [1.54, 1.807) is 12.3 Å². The van der Waals surface area contributed by atoms with Crippen LogP contribution in [0.5, 0.6) is 0 Å². The number of nitrogens with one attached hydrogen (secondary N) is 1. The van der Waals surface area contributed by atoms with Gasteiger partial charge in [0.15, 0.2) is 0 Å². The summed E-state index contributed by atoms with van der Waals surface area (Å²) in [5.74, 6) is 0.333. The second kappa shape index (κ2) is 8.14. The number of anilines is 1. The summed E-state index contributed by atoms with van der Waals surface area (Å²) in [7, 11) is 0. The summed E-state index contributed by atoms with van der Waals surface area (Å²) in [5, 5.41) is 2.87. The first-order chi connectivity index (χ1) is 12.5. The molecule has 2 fully saturated rings. The van der Waals surface area contributed by atoms with Gasteiger partial charge in [-0.05, 0) is 44.2 Å². The summed E-state index contributed by atoms with van der Waals surface area (Å²) in [6, 6.07) is 3.71. The highest BCUT2D eigenvalue weighted by molar-refractivity contribution is 5.92. The van der Waals surface area contributed by atoms with Crippen molar-refractivity contribution >= 4 is 17.6 Å². The van der Waals surface area contributed by atoms with E-state index in [2.05, 4.69) is 10.3 Å². The van der Waals surface area contributed by atoms with Crippen LogP contribution >= 0.6 is 0 Å². The lowest BCUT2D eigenvalue weighted by Crippen LogP contribution is -2.54. The Labute approximate surface area is 154 Å². The fourth-order valence-electron chi connectivity index (χ4n) is 3.75. The summed E-state index contributed by atoms with van der Waals surface area (Å²) in [6.45, 7) is 4.55. The van der Waals surface area contributed by atoms with Gasteiger partial charge in [0.05, 0.1) is 11.3 Å². The molecule has 0 bridgehead atoms. The van der Waals surface area contributed by atoms with E-state index in [0.717, 1.165) is 18.4 Å². The van der Waals surface area contributed by atoms with Crippen LogP contribution in [-0.4, -0.2) is 54.5 Å². The number of aryl methyl sites for hydroxylation is 1. The van der Waals surface area contributed by atoms with Crippen molar-refractivity contribution in [1.29, 1.82) is 0 Å². The molecule has 2 aliphatic heterocycles. The van der Waals surface area contributed by atoms with Gasteiger partial charge in [0.25, 0.3) is 0 Å². The number of rotatable bonds is 4. The Morgan fingerprint density at radius 2 is 2.15 bits per heavy atom. The maximum atomic E-state index is 13.1. The molecule has 1 unspecified atom stereocenters. The lowest BCUT2D eigenvalue weighted by Gasteiger charge is -2.41. The third kappa shape index (κ3) is 4.04. The van der Waals surface area contributed by atoms with E-state index in [0.29, 0.717) is 51.5 Å². The van der Waals surface area contributed by atoms with Crippen LogP contribution in [0.2, 0.25) is 0 Å². The number of hydrogen-bond acceptors (Lipinski definition) is 5. The maximum Gasteiger partial charge on any atom is 0.230 e. The molecule has 142 valence electrons. The van der Waals surface area contributed by atoms with E-state index in [1.807, 2.05) is 17.9 Å². The van der Waals surface area contributed by atoms with Gasteiger partial charge in [-0.2, -0.15) is 0 Å². The normalized spacial score (nSPS) is 22.7. The van der Waals surface area contributed by atoms with Gasteiger partial charge in [-0.15, -0.1) is 0 Å². The van der Waals surface area contributed by atoms with Crippen LogP contribution < -0.4 is 11.1 Å². The van der Waals surface area contributed by atoms with Crippen molar-refractivity contribution in [3.8, 4) is 0 Å². The average molecular weight is 360 g/mol. The summed E-state index contributed by atoms with van der Waals surface area (Å²) >= 11 is 0. The Hall–Kier alpha value is -1.99. The van der Waals surface area contributed by atoms with Gasteiger partial charge in [0, 0.05) is 39.0 Å². The van der Waals surface area contributed by atoms with E-state index in [9.17, 15) is 9.59 Å².